The SMILES string of the molecule is Cc1cc(Br)cnc1N1C2CCC1CC(O)C2. The number of aliphatic hydroxyl groups excluding tert-OH is 1. The first-order chi connectivity index (χ1) is 8.15. The minimum Gasteiger partial charge on any atom is -0.393 e. The Morgan fingerprint density at radius 3 is 2.59 bits per heavy atom. The molecule has 3 rings (SSSR count). The van der Waals surface area contributed by atoms with Gasteiger partial charge in [-0.25, -0.2) is 4.98 Å². The third-order valence-corrected chi connectivity index (χ3v) is 4.40. The van der Waals surface area contributed by atoms with E-state index >= 15 is 0 Å². The molecule has 1 aromatic heterocycles. The molecule has 0 spiro atoms. The van der Waals surface area contributed by atoms with Gasteiger partial charge in [0.05, 0.1) is 6.10 Å². The van der Waals surface area contributed by atoms with Crippen LogP contribution in [-0.2, 0) is 0 Å². The lowest BCUT2D eigenvalue weighted by atomic mass is 9.99. The number of hydrogen-bond acceptors (Lipinski definition) is 3. The van der Waals surface area contributed by atoms with Crippen molar-refractivity contribution in [3.8, 4) is 0 Å². The first-order valence-corrected chi connectivity index (χ1v) is 7.03. The summed E-state index contributed by atoms with van der Waals surface area (Å²) in [5.41, 5.74) is 1.22. The maximum absolute atomic E-state index is 9.81. The third-order valence-electron chi connectivity index (χ3n) is 3.97. The van der Waals surface area contributed by atoms with E-state index in [1.54, 1.807) is 0 Å². The normalized spacial score (nSPS) is 31.9. The number of piperidine rings is 1. The average molecular weight is 297 g/mol. The lowest BCUT2D eigenvalue weighted by Gasteiger charge is -2.38. The molecule has 2 fully saturated rings. The molecule has 1 aromatic rings. The number of aliphatic hydroxyl groups is 1. The average Bonchev–Trinajstić information content (AvgIpc) is 2.53. The van der Waals surface area contributed by atoms with Gasteiger partial charge in [-0.1, -0.05) is 0 Å². The number of pyridine rings is 1. The molecule has 17 heavy (non-hydrogen) atoms. The van der Waals surface area contributed by atoms with Crippen molar-refractivity contribution in [3.05, 3.63) is 22.3 Å². The minimum absolute atomic E-state index is 0.112. The topological polar surface area (TPSA) is 36.4 Å². The molecule has 4 heteroatoms. The molecule has 3 heterocycles. The summed E-state index contributed by atoms with van der Waals surface area (Å²) >= 11 is 3.45. The summed E-state index contributed by atoms with van der Waals surface area (Å²) in [6.45, 7) is 2.11. The lowest BCUT2D eigenvalue weighted by molar-refractivity contribution is 0.126. The highest BCUT2D eigenvalue weighted by Crippen LogP contribution is 2.39. The van der Waals surface area contributed by atoms with E-state index < -0.39 is 0 Å². The Morgan fingerprint density at radius 1 is 1.35 bits per heavy atom. The smallest absolute Gasteiger partial charge is 0.132 e. The van der Waals surface area contributed by atoms with E-state index in [0.29, 0.717) is 12.1 Å². The Morgan fingerprint density at radius 2 is 2.00 bits per heavy atom. The van der Waals surface area contributed by atoms with Gasteiger partial charge < -0.3 is 10.0 Å². The van der Waals surface area contributed by atoms with Crippen LogP contribution in [0.4, 0.5) is 5.82 Å². The predicted octanol–water partition coefficient (Wildman–Crippen LogP) is 2.64. The van der Waals surface area contributed by atoms with Crippen LogP contribution in [0.1, 0.15) is 31.2 Å². The molecule has 0 aliphatic carbocycles. The minimum atomic E-state index is -0.112. The van der Waals surface area contributed by atoms with Crippen LogP contribution < -0.4 is 4.90 Å². The van der Waals surface area contributed by atoms with Crippen molar-refractivity contribution in [2.24, 2.45) is 0 Å². The molecule has 2 atom stereocenters. The highest BCUT2D eigenvalue weighted by atomic mass is 79.9. The van der Waals surface area contributed by atoms with Crippen LogP contribution in [0.15, 0.2) is 16.7 Å². The summed E-state index contributed by atoms with van der Waals surface area (Å²) in [6.07, 6.45) is 5.94. The largest absolute Gasteiger partial charge is 0.393 e. The van der Waals surface area contributed by atoms with Crippen molar-refractivity contribution < 1.29 is 5.11 Å². The highest BCUT2D eigenvalue weighted by molar-refractivity contribution is 9.10. The number of hydrogen-bond donors (Lipinski definition) is 1. The van der Waals surface area contributed by atoms with Crippen LogP contribution in [-0.4, -0.2) is 28.3 Å². The molecule has 3 nitrogen and oxygen atoms in total. The monoisotopic (exact) mass is 296 g/mol. The standard InChI is InChI=1S/C13H17BrN2O/c1-8-4-9(14)7-15-13(8)16-10-2-3-11(16)6-12(17)5-10/h4,7,10-12,17H,2-3,5-6H2,1H3. The predicted molar refractivity (Wildman–Crippen MR) is 71.2 cm³/mol. The summed E-state index contributed by atoms with van der Waals surface area (Å²) in [7, 11) is 0. The van der Waals surface area contributed by atoms with Crippen molar-refractivity contribution in [2.45, 2.75) is 50.8 Å². The van der Waals surface area contributed by atoms with Gasteiger partial charge in [0, 0.05) is 22.8 Å². The Hall–Kier alpha value is -0.610. The fraction of sp³-hybridized carbons (Fsp3) is 0.615. The second kappa shape index (κ2) is 4.25. The lowest BCUT2D eigenvalue weighted by Crippen LogP contribution is -2.45. The van der Waals surface area contributed by atoms with Crippen molar-refractivity contribution in [1.82, 2.24) is 4.98 Å². The molecule has 0 saturated carbocycles. The van der Waals surface area contributed by atoms with Gasteiger partial charge in [-0.05, 0) is 60.2 Å². The van der Waals surface area contributed by atoms with E-state index in [0.717, 1.165) is 23.1 Å². The van der Waals surface area contributed by atoms with Gasteiger partial charge in [0.15, 0.2) is 0 Å². The first kappa shape index (κ1) is 11.5. The Kier molecular flexibility index (Phi) is 2.87. The maximum Gasteiger partial charge on any atom is 0.132 e. The maximum atomic E-state index is 9.81. The summed E-state index contributed by atoms with van der Waals surface area (Å²) in [6, 6.07) is 3.08. The molecule has 2 bridgehead atoms. The second-order valence-corrected chi connectivity index (χ2v) is 6.13. The molecule has 2 aliphatic rings. The Labute approximate surface area is 110 Å². The number of nitrogens with zero attached hydrogens (tertiary/aromatic N) is 2. The molecule has 1 N–H and O–H groups in total. The van der Waals surface area contributed by atoms with Crippen LogP contribution in [0.3, 0.4) is 0 Å². The van der Waals surface area contributed by atoms with Crippen LogP contribution in [0.25, 0.3) is 0 Å². The fourth-order valence-electron chi connectivity index (χ4n) is 3.30. The van der Waals surface area contributed by atoms with Gasteiger partial charge in [-0.3, -0.25) is 0 Å². The first-order valence-electron chi connectivity index (χ1n) is 6.23. The number of aromatic nitrogens is 1. The fourth-order valence-corrected chi connectivity index (χ4v) is 3.74. The van der Waals surface area contributed by atoms with Crippen LogP contribution >= 0.6 is 15.9 Å². The van der Waals surface area contributed by atoms with Crippen molar-refractivity contribution in [2.75, 3.05) is 4.90 Å². The zero-order valence-corrected chi connectivity index (χ0v) is 11.5. The van der Waals surface area contributed by atoms with Crippen molar-refractivity contribution in [3.63, 3.8) is 0 Å². The van der Waals surface area contributed by atoms with Gasteiger partial charge in [0.2, 0.25) is 0 Å². The summed E-state index contributed by atoms with van der Waals surface area (Å²) in [5, 5.41) is 9.81. The van der Waals surface area contributed by atoms with Crippen molar-refractivity contribution >= 4 is 21.7 Å². The molecule has 0 aromatic carbocycles. The molecular formula is C13H17BrN2O. The van der Waals surface area contributed by atoms with Gasteiger partial charge >= 0.3 is 0 Å². The number of aryl methyl sites for hydroxylation is 1. The van der Waals surface area contributed by atoms with Gasteiger partial charge in [-0.15, -0.1) is 0 Å². The number of halogens is 1. The van der Waals surface area contributed by atoms with Gasteiger partial charge in [-0.2, -0.15) is 0 Å². The molecular weight excluding hydrogens is 280 g/mol. The van der Waals surface area contributed by atoms with Crippen molar-refractivity contribution in [1.29, 1.82) is 0 Å². The molecule has 2 saturated heterocycles. The Bertz CT molecular complexity index is 423. The number of anilines is 1. The number of rotatable bonds is 1. The van der Waals surface area contributed by atoms with Crippen LogP contribution in [0.2, 0.25) is 0 Å². The van der Waals surface area contributed by atoms with Gasteiger partial charge in [0.1, 0.15) is 5.82 Å². The molecule has 0 radical (unpaired) electrons. The van der Waals surface area contributed by atoms with E-state index in [-0.39, 0.29) is 6.10 Å². The quantitative estimate of drug-likeness (QED) is 0.865. The molecule has 0 amide bonds. The Balaban J connectivity index is 1.94. The van der Waals surface area contributed by atoms with Gasteiger partial charge in [0.25, 0.3) is 0 Å². The third kappa shape index (κ3) is 1.97. The zero-order chi connectivity index (χ0) is 12.0. The van der Waals surface area contributed by atoms with E-state index in [1.807, 2.05) is 6.20 Å². The molecule has 92 valence electrons. The molecule has 2 aliphatic heterocycles. The van der Waals surface area contributed by atoms with E-state index in [1.165, 1.54) is 18.4 Å². The zero-order valence-electron chi connectivity index (χ0n) is 9.93. The van der Waals surface area contributed by atoms with E-state index in [4.69, 9.17) is 0 Å². The van der Waals surface area contributed by atoms with Crippen LogP contribution in [0, 0.1) is 6.92 Å². The van der Waals surface area contributed by atoms with E-state index in [9.17, 15) is 5.11 Å². The second-order valence-electron chi connectivity index (χ2n) is 5.21. The highest BCUT2D eigenvalue weighted by Gasteiger charge is 2.41. The summed E-state index contributed by atoms with van der Waals surface area (Å²) in [5.74, 6) is 1.10. The number of fused-ring (bicyclic) bond motifs is 2. The van der Waals surface area contributed by atoms with Crippen LogP contribution in [0.5, 0.6) is 0 Å². The molecule has 2 unspecified atom stereocenters. The summed E-state index contributed by atoms with van der Waals surface area (Å²) in [4.78, 5) is 7.00. The summed E-state index contributed by atoms with van der Waals surface area (Å²) < 4.78 is 1.03. The van der Waals surface area contributed by atoms with E-state index in [2.05, 4.69) is 38.8 Å².